The minimum Gasteiger partial charge on any atom is -0.478 e. The highest BCUT2D eigenvalue weighted by atomic mass is 16.7. The zero-order valence-electron chi connectivity index (χ0n) is 9.87. The molecule has 1 N–H and O–H groups in total. The first-order valence-corrected chi connectivity index (χ1v) is 4.81. The predicted octanol–water partition coefficient (Wildman–Crippen LogP) is 2.05. The molecule has 0 fully saturated rings. The van der Waals surface area contributed by atoms with Crippen LogP contribution >= 0.6 is 0 Å². The summed E-state index contributed by atoms with van der Waals surface area (Å²) >= 11 is 0. The largest absolute Gasteiger partial charge is 0.478 e. The van der Waals surface area contributed by atoms with E-state index in [1.54, 1.807) is 14.2 Å². The molecule has 0 aliphatic carbocycles. The number of carboxylic acid groups (broad SMARTS) is 1. The lowest BCUT2D eigenvalue weighted by Gasteiger charge is -2.31. The van der Waals surface area contributed by atoms with Crippen molar-refractivity contribution in [3.8, 4) is 0 Å². The third kappa shape index (κ3) is 4.44. The highest BCUT2D eigenvalue weighted by molar-refractivity contribution is 5.85. The topological polar surface area (TPSA) is 55.8 Å². The van der Waals surface area contributed by atoms with Crippen molar-refractivity contribution in [3.63, 3.8) is 0 Å². The first-order chi connectivity index (χ1) is 6.85. The third-order valence-corrected chi connectivity index (χ3v) is 2.44. The van der Waals surface area contributed by atoms with Crippen molar-refractivity contribution < 1.29 is 19.4 Å². The molecular weight excluding hydrogens is 196 g/mol. The summed E-state index contributed by atoms with van der Waals surface area (Å²) in [5.41, 5.74) is -0.0175. The third-order valence-electron chi connectivity index (χ3n) is 2.44. The van der Waals surface area contributed by atoms with Gasteiger partial charge in [-0.3, -0.25) is 0 Å². The molecule has 0 saturated carbocycles. The molecule has 0 bridgehead atoms. The van der Waals surface area contributed by atoms with Crippen molar-refractivity contribution in [2.75, 3.05) is 14.2 Å². The summed E-state index contributed by atoms with van der Waals surface area (Å²) in [5, 5.41) is 8.67. The standard InChI is InChI=1S/C11H20O4/c1-8(9(12)13)6-7-11(2,3)10(14-4)15-5/h10H,1,6-7H2,2-5H3,(H,12,13). The van der Waals surface area contributed by atoms with E-state index in [9.17, 15) is 4.79 Å². The molecule has 0 aromatic carbocycles. The van der Waals surface area contributed by atoms with Crippen molar-refractivity contribution >= 4 is 5.97 Å². The molecule has 0 aliphatic rings. The summed E-state index contributed by atoms with van der Waals surface area (Å²) < 4.78 is 10.3. The van der Waals surface area contributed by atoms with Gasteiger partial charge in [-0.25, -0.2) is 4.79 Å². The van der Waals surface area contributed by atoms with Crippen molar-refractivity contribution in [1.82, 2.24) is 0 Å². The van der Waals surface area contributed by atoms with Gasteiger partial charge in [0.25, 0.3) is 0 Å². The SMILES string of the molecule is C=C(CCC(C)(C)C(OC)OC)C(=O)O. The molecule has 4 heteroatoms. The highest BCUT2D eigenvalue weighted by Gasteiger charge is 2.29. The Morgan fingerprint density at radius 3 is 2.20 bits per heavy atom. The number of rotatable bonds is 7. The number of aliphatic carboxylic acids is 1. The summed E-state index contributed by atoms with van der Waals surface area (Å²) in [4.78, 5) is 10.6. The maximum atomic E-state index is 10.6. The minimum atomic E-state index is -0.947. The Morgan fingerprint density at radius 1 is 1.40 bits per heavy atom. The van der Waals surface area contributed by atoms with Gasteiger partial charge in [0.1, 0.15) is 0 Å². The molecule has 4 nitrogen and oxygen atoms in total. The van der Waals surface area contributed by atoms with Crippen molar-refractivity contribution in [2.24, 2.45) is 5.41 Å². The number of methoxy groups -OCH3 is 2. The van der Waals surface area contributed by atoms with E-state index in [0.29, 0.717) is 12.8 Å². The van der Waals surface area contributed by atoms with E-state index in [0.717, 1.165) is 0 Å². The lowest BCUT2D eigenvalue weighted by molar-refractivity contribution is -0.169. The number of ether oxygens (including phenoxy) is 2. The summed E-state index contributed by atoms with van der Waals surface area (Å²) in [6.07, 6.45) is 0.759. The number of carboxylic acids is 1. The van der Waals surface area contributed by atoms with Gasteiger partial charge in [0.05, 0.1) is 0 Å². The first-order valence-electron chi connectivity index (χ1n) is 4.81. The summed E-state index contributed by atoms with van der Waals surface area (Å²) in [6.45, 7) is 7.43. The van der Waals surface area contributed by atoms with E-state index in [1.807, 2.05) is 13.8 Å². The zero-order chi connectivity index (χ0) is 12.1. The molecule has 0 saturated heterocycles. The Labute approximate surface area is 90.9 Å². The van der Waals surface area contributed by atoms with Crippen LogP contribution in [0.5, 0.6) is 0 Å². The van der Waals surface area contributed by atoms with Crippen LogP contribution in [0.3, 0.4) is 0 Å². The van der Waals surface area contributed by atoms with Gasteiger partial charge in [0, 0.05) is 25.2 Å². The zero-order valence-corrected chi connectivity index (χ0v) is 9.87. The molecule has 0 unspecified atom stereocenters. The average molecular weight is 216 g/mol. The first kappa shape index (κ1) is 14.1. The quantitative estimate of drug-likeness (QED) is 0.522. The fourth-order valence-corrected chi connectivity index (χ4v) is 1.43. The van der Waals surface area contributed by atoms with Gasteiger partial charge in [-0.05, 0) is 12.8 Å². The molecular formula is C11H20O4. The van der Waals surface area contributed by atoms with Crippen LogP contribution in [-0.2, 0) is 14.3 Å². The number of hydrogen-bond donors (Lipinski definition) is 1. The maximum absolute atomic E-state index is 10.6. The Morgan fingerprint density at radius 2 is 1.87 bits per heavy atom. The molecule has 88 valence electrons. The second-order valence-electron chi connectivity index (χ2n) is 4.20. The van der Waals surface area contributed by atoms with Gasteiger partial charge in [0.2, 0.25) is 0 Å². The minimum absolute atomic E-state index is 0.217. The normalized spacial score (nSPS) is 11.8. The smallest absolute Gasteiger partial charge is 0.330 e. The van der Waals surface area contributed by atoms with Gasteiger partial charge in [-0.2, -0.15) is 0 Å². The van der Waals surface area contributed by atoms with Gasteiger partial charge in [-0.1, -0.05) is 20.4 Å². The molecule has 0 rings (SSSR count). The molecule has 0 radical (unpaired) electrons. The Bertz CT molecular complexity index is 229. The van der Waals surface area contributed by atoms with E-state index >= 15 is 0 Å². The van der Waals surface area contributed by atoms with Gasteiger partial charge in [-0.15, -0.1) is 0 Å². The molecule has 0 aromatic heterocycles. The molecule has 0 spiro atoms. The lowest BCUT2D eigenvalue weighted by atomic mass is 9.85. The number of carbonyl (C=O) groups is 1. The fraction of sp³-hybridized carbons (Fsp3) is 0.727. The number of hydrogen-bond acceptors (Lipinski definition) is 3. The van der Waals surface area contributed by atoms with Crippen molar-refractivity contribution in [3.05, 3.63) is 12.2 Å². The summed E-state index contributed by atoms with van der Waals surface area (Å²) in [7, 11) is 3.14. The van der Waals surface area contributed by atoms with Gasteiger partial charge >= 0.3 is 5.97 Å². The Hall–Kier alpha value is -0.870. The second-order valence-corrected chi connectivity index (χ2v) is 4.20. The van der Waals surface area contributed by atoms with Crippen LogP contribution in [0.1, 0.15) is 26.7 Å². The molecule has 0 amide bonds. The van der Waals surface area contributed by atoms with Crippen LogP contribution in [0.15, 0.2) is 12.2 Å². The van der Waals surface area contributed by atoms with Crippen LogP contribution in [0, 0.1) is 5.41 Å². The second kappa shape index (κ2) is 5.88. The molecule has 0 aliphatic heterocycles. The molecule has 15 heavy (non-hydrogen) atoms. The van der Waals surface area contributed by atoms with Crippen LogP contribution in [0.25, 0.3) is 0 Å². The predicted molar refractivity (Wildman–Crippen MR) is 57.6 cm³/mol. The Balaban J connectivity index is 4.25. The maximum Gasteiger partial charge on any atom is 0.330 e. The van der Waals surface area contributed by atoms with E-state index in [4.69, 9.17) is 14.6 Å². The van der Waals surface area contributed by atoms with Crippen LogP contribution < -0.4 is 0 Å². The van der Waals surface area contributed by atoms with Crippen molar-refractivity contribution in [1.29, 1.82) is 0 Å². The van der Waals surface area contributed by atoms with Crippen LogP contribution in [0.2, 0.25) is 0 Å². The van der Waals surface area contributed by atoms with E-state index < -0.39 is 5.97 Å². The fourth-order valence-electron chi connectivity index (χ4n) is 1.43. The molecule has 0 aromatic rings. The van der Waals surface area contributed by atoms with Crippen LogP contribution in [-0.4, -0.2) is 31.6 Å². The van der Waals surface area contributed by atoms with Gasteiger partial charge in [0.15, 0.2) is 6.29 Å². The van der Waals surface area contributed by atoms with E-state index in [-0.39, 0.29) is 17.3 Å². The van der Waals surface area contributed by atoms with Gasteiger partial charge < -0.3 is 14.6 Å². The Kier molecular flexibility index (Phi) is 5.54. The van der Waals surface area contributed by atoms with Crippen LogP contribution in [0.4, 0.5) is 0 Å². The molecule has 0 heterocycles. The van der Waals surface area contributed by atoms with E-state index in [1.165, 1.54) is 0 Å². The van der Waals surface area contributed by atoms with E-state index in [2.05, 4.69) is 6.58 Å². The highest BCUT2D eigenvalue weighted by Crippen LogP contribution is 2.30. The lowest BCUT2D eigenvalue weighted by Crippen LogP contribution is -2.33. The average Bonchev–Trinajstić information content (AvgIpc) is 2.15. The monoisotopic (exact) mass is 216 g/mol. The van der Waals surface area contributed by atoms with Crippen molar-refractivity contribution in [2.45, 2.75) is 33.0 Å². The molecule has 0 atom stereocenters. The summed E-state index contributed by atoms with van der Waals surface area (Å²) in [6, 6.07) is 0. The summed E-state index contributed by atoms with van der Waals surface area (Å²) in [5.74, 6) is -0.947.